The van der Waals surface area contributed by atoms with Crippen LogP contribution in [0.25, 0.3) is 0 Å². The molecule has 0 saturated carbocycles. The highest BCUT2D eigenvalue weighted by Crippen LogP contribution is 2.11. The third-order valence-corrected chi connectivity index (χ3v) is 1.81. The van der Waals surface area contributed by atoms with Crippen LogP contribution in [0.1, 0.15) is 19.4 Å². The van der Waals surface area contributed by atoms with Crippen molar-refractivity contribution in [1.82, 2.24) is 5.06 Å². The Balaban J connectivity index is 2.61. The second kappa shape index (κ2) is 3.87. The van der Waals surface area contributed by atoms with E-state index in [0.717, 1.165) is 10.6 Å². The summed E-state index contributed by atoms with van der Waals surface area (Å²) < 4.78 is 0. The highest BCUT2D eigenvalue weighted by molar-refractivity contribution is 5.14. The second-order valence-corrected chi connectivity index (χ2v) is 3.54. The van der Waals surface area contributed by atoms with E-state index in [1.165, 1.54) is 13.8 Å². The van der Waals surface area contributed by atoms with Crippen LogP contribution < -0.4 is 0 Å². The molecule has 1 aromatic carbocycles. The van der Waals surface area contributed by atoms with Crippen molar-refractivity contribution in [2.24, 2.45) is 0 Å². The molecule has 0 saturated heterocycles. The smallest absolute Gasteiger partial charge is 0.135 e. The Kier molecular flexibility index (Phi) is 3.03. The van der Waals surface area contributed by atoms with E-state index in [0.29, 0.717) is 6.54 Å². The molecule has 1 aromatic rings. The van der Waals surface area contributed by atoms with Gasteiger partial charge in [-0.25, -0.2) is 0 Å². The molecule has 0 aliphatic heterocycles. The Morgan fingerprint density at radius 2 is 1.77 bits per heavy atom. The predicted molar refractivity (Wildman–Crippen MR) is 50.1 cm³/mol. The molecule has 13 heavy (non-hydrogen) atoms. The summed E-state index contributed by atoms with van der Waals surface area (Å²) in [6.07, 6.45) is 0. The van der Waals surface area contributed by atoms with Gasteiger partial charge in [-0.3, -0.25) is 0 Å². The van der Waals surface area contributed by atoms with E-state index >= 15 is 0 Å². The second-order valence-electron chi connectivity index (χ2n) is 3.54. The zero-order chi connectivity index (χ0) is 9.90. The lowest BCUT2D eigenvalue weighted by Crippen LogP contribution is -2.40. The molecule has 0 radical (unpaired) electrons. The molecule has 0 aromatic heterocycles. The van der Waals surface area contributed by atoms with E-state index in [1.807, 2.05) is 30.3 Å². The summed E-state index contributed by atoms with van der Waals surface area (Å²) in [7, 11) is 0. The van der Waals surface area contributed by atoms with Crippen LogP contribution in [0, 0.1) is 0 Å². The van der Waals surface area contributed by atoms with Crippen molar-refractivity contribution in [1.29, 1.82) is 0 Å². The van der Waals surface area contributed by atoms with Crippen LogP contribution in [-0.2, 0) is 6.54 Å². The van der Waals surface area contributed by atoms with Crippen LogP contribution in [0.5, 0.6) is 0 Å². The van der Waals surface area contributed by atoms with Gasteiger partial charge in [0.05, 0.1) is 6.54 Å². The van der Waals surface area contributed by atoms with Gasteiger partial charge in [0.15, 0.2) is 0 Å². The third kappa shape index (κ3) is 3.14. The molecule has 3 heteroatoms. The molecule has 0 aliphatic rings. The Labute approximate surface area is 78.2 Å². The summed E-state index contributed by atoms with van der Waals surface area (Å²) in [4.78, 5) is 0. The van der Waals surface area contributed by atoms with Gasteiger partial charge < -0.3 is 10.3 Å². The number of hydrogen-bond donors (Lipinski definition) is 2. The van der Waals surface area contributed by atoms with E-state index in [9.17, 15) is 10.3 Å². The SMILES string of the molecule is CC(C)(O)N(O)Cc1ccccc1. The zero-order valence-corrected chi connectivity index (χ0v) is 7.94. The Morgan fingerprint density at radius 3 is 2.23 bits per heavy atom. The van der Waals surface area contributed by atoms with Crippen LogP contribution in [0.3, 0.4) is 0 Å². The van der Waals surface area contributed by atoms with Crippen LogP contribution >= 0.6 is 0 Å². The van der Waals surface area contributed by atoms with Gasteiger partial charge in [0.2, 0.25) is 0 Å². The molecule has 2 N–H and O–H groups in total. The van der Waals surface area contributed by atoms with Crippen molar-refractivity contribution in [2.45, 2.75) is 26.1 Å². The molecular weight excluding hydrogens is 166 g/mol. The summed E-state index contributed by atoms with van der Waals surface area (Å²) in [6, 6.07) is 9.50. The number of aliphatic hydroxyl groups is 1. The van der Waals surface area contributed by atoms with Crippen LogP contribution in [0.4, 0.5) is 0 Å². The van der Waals surface area contributed by atoms with Gasteiger partial charge in [-0.05, 0) is 19.4 Å². The minimum atomic E-state index is -1.20. The van der Waals surface area contributed by atoms with Crippen molar-refractivity contribution < 1.29 is 10.3 Å². The van der Waals surface area contributed by atoms with E-state index in [4.69, 9.17) is 0 Å². The van der Waals surface area contributed by atoms with Crippen LogP contribution in [0.15, 0.2) is 30.3 Å². The first-order valence-electron chi connectivity index (χ1n) is 4.23. The van der Waals surface area contributed by atoms with Gasteiger partial charge in [-0.2, -0.15) is 5.06 Å². The summed E-state index contributed by atoms with van der Waals surface area (Å²) in [6.45, 7) is 3.40. The molecule has 72 valence electrons. The monoisotopic (exact) mass is 181 g/mol. The van der Waals surface area contributed by atoms with Gasteiger partial charge in [0, 0.05) is 0 Å². The average Bonchev–Trinajstić information content (AvgIpc) is 2.04. The Hall–Kier alpha value is -0.900. The Bertz CT molecular complexity index is 253. The largest absolute Gasteiger partial charge is 0.374 e. The molecule has 3 nitrogen and oxygen atoms in total. The van der Waals surface area contributed by atoms with Crippen molar-refractivity contribution in [3.8, 4) is 0 Å². The fraction of sp³-hybridized carbons (Fsp3) is 0.400. The lowest BCUT2D eigenvalue weighted by atomic mass is 10.2. The molecule has 0 unspecified atom stereocenters. The van der Waals surface area contributed by atoms with E-state index in [-0.39, 0.29) is 0 Å². The van der Waals surface area contributed by atoms with Gasteiger partial charge >= 0.3 is 0 Å². The van der Waals surface area contributed by atoms with E-state index in [2.05, 4.69) is 0 Å². The number of rotatable bonds is 3. The zero-order valence-electron chi connectivity index (χ0n) is 7.94. The molecule has 0 heterocycles. The normalized spacial score (nSPS) is 12.1. The van der Waals surface area contributed by atoms with Gasteiger partial charge in [-0.1, -0.05) is 30.3 Å². The van der Waals surface area contributed by atoms with Gasteiger partial charge in [0.1, 0.15) is 5.72 Å². The summed E-state index contributed by atoms with van der Waals surface area (Å²) in [5.74, 6) is 0. The lowest BCUT2D eigenvalue weighted by molar-refractivity contribution is -0.251. The molecular formula is C10H15NO2. The summed E-state index contributed by atoms with van der Waals surface area (Å²) >= 11 is 0. The van der Waals surface area contributed by atoms with Gasteiger partial charge in [0.25, 0.3) is 0 Å². The van der Waals surface area contributed by atoms with Crippen molar-refractivity contribution >= 4 is 0 Å². The molecule has 0 amide bonds. The van der Waals surface area contributed by atoms with Crippen molar-refractivity contribution in [3.63, 3.8) is 0 Å². The number of benzene rings is 1. The average molecular weight is 181 g/mol. The van der Waals surface area contributed by atoms with Crippen LogP contribution in [-0.4, -0.2) is 21.1 Å². The first kappa shape index (κ1) is 10.2. The standard InChI is InChI=1S/C10H15NO2/c1-10(2,12)11(13)8-9-6-4-3-5-7-9/h3-7,12-13H,8H2,1-2H3. The fourth-order valence-electron chi connectivity index (χ4n) is 0.950. The summed E-state index contributed by atoms with van der Waals surface area (Å²) in [5, 5.41) is 19.8. The molecule has 1 rings (SSSR count). The van der Waals surface area contributed by atoms with E-state index in [1.54, 1.807) is 0 Å². The molecule has 0 bridgehead atoms. The van der Waals surface area contributed by atoms with Crippen LogP contribution in [0.2, 0.25) is 0 Å². The minimum Gasteiger partial charge on any atom is -0.374 e. The minimum absolute atomic E-state index is 0.324. The maximum absolute atomic E-state index is 9.42. The highest BCUT2D eigenvalue weighted by atomic mass is 16.5. The highest BCUT2D eigenvalue weighted by Gasteiger charge is 2.21. The third-order valence-electron chi connectivity index (χ3n) is 1.81. The van der Waals surface area contributed by atoms with E-state index < -0.39 is 5.72 Å². The van der Waals surface area contributed by atoms with Gasteiger partial charge in [-0.15, -0.1) is 0 Å². The number of hydroxylamine groups is 2. The number of nitrogens with zero attached hydrogens (tertiary/aromatic N) is 1. The topological polar surface area (TPSA) is 43.7 Å². The first-order valence-corrected chi connectivity index (χ1v) is 4.23. The first-order chi connectivity index (χ1) is 6.00. The summed E-state index contributed by atoms with van der Waals surface area (Å²) in [5.41, 5.74) is -0.234. The maximum Gasteiger partial charge on any atom is 0.135 e. The maximum atomic E-state index is 9.42. The molecule has 0 spiro atoms. The lowest BCUT2D eigenvalue weighted by Gasteiger charge is -2.27. The molecule has 0 atom stereocenters. The molecule has 0 fully saturated rings. The van der Waals surface area contributed by atoms with Crippen molar-refractivity contribution in [3.05, 3.63) is 35.9 Å². The van der Waals surface area contributed by atoms with Crippen molar-refractivity contribution in [2.75, 3.05) is 0 Å². The molecule has 0 aliphatic carbocycles. The quantitative estimate of drug-likeness (QED) is 0.550. The Morgan fingerprint density at radius 1 is 1.23 bits per heavy atom. The fourth-order valence-corrected chi connectivity index (χ4v) is 0.950. The predicted octanol–water partition coefficient (Wildman–Crippen LogP) is 1.61. The number of hydrogen-bond acceptors (Lipinski definition) is 3.